The summed E-state index contributed by atoms with van der Waals surface area (Å²) in [5, 5.41) is 0. The van der Waals surface area contributed by atoms with E-state index in [2.05, 4.69) is 0 Å². The Balaban J connectivity index is 1.58. The summed E-state index contributed by atoms with van der Waals surface area (Å²) in [6.45, 7) is 2.23. The molecule has 2 heterocycles. The average molecular weight is 320 g/mol. The van der Waals surface area contributed by atoms with Gasteiger partial charge in [-0.3, -0.25) is 19.3 Å². The van der Waals surface area contributed by atoms with Crippen molar-refractivity contribution in [1.29, 1.82) is 0 Å². The lowest BCUT2D eigenvalue weighted by molar-refractivity contribution is -0.118. The normalized spacial score (nSPS) is 15.7. The molecule has 2 aliphatic rings. The summed E-state index contributed by atoms with van der Waals surface area (Å²) in [4.78, 5) is 40.3. The zero-order valence-electron chi connectivity index (χ0n) is 13.3. The maximum absolute atomic E-state index is 12.7. The van der Waals surface area contributed by atoms with Crippen LogP contribution in [0.1, 0.15) is 31.8 Å². The molecule has 0 N–H and O–H groups in total. The fourth-order valence-electron chi connectivity index (χ4n) is 3.37. The van der Waals surface area contributed by atoms with E-state index in [1.807, 2.05) is 31.2 Å². The first-order valence-electron chi connectivity index (χ1n) is 7.91. The minimum absolute atomic E-state index is 0.222. The molecule has 0 aliphatic carbocycles. The number of hydrogen-bond donors (Lipinski definition) is 0. The Hall–Kier alpha value is -2.95. The smallest absolute Gasteiger partial charge is 0.262 e. The van der Waals surface area contributed by atoms with Crippen LogP contribution >= 0.6 is 0 Å². The fourth-order valence-corrected chi connectivity index (χ4v) is 3.37. The molecule has 0 spiro atoms. The Morgan fingerprint density at radius 3 is 2.62 bits per heavy atom. The molecule has 0 bridgehead atoms. The molecule has 5 heteroatoms. The number of hydrogen-bond acceptors (Lipinski definition) is 3. The van der Waals surface area contributed by atoms with E-state index in [-0.39, 0.29) is 18.4 Å². The van der Waals surface area contributed by atoms with Gasteiger partial charge in [-0.1, -0.05) is 29.8 Å². The summed E-state index contributed by atoms with van der Waals surface area (Å²) in [5.74, 6) is -1.01. The molecule has 120 valence electrons. The number of imide groups is 1. The maximum atomic E-state index is 12.7. The van der Waals surface area contributed by atoms with E-state index < -0.39 is 5.91 Å². The van der Waals surface area contributed by atoms with Crippen molar-refractivity contribution in [1.82, 2.24) is 4.90 Å². The summed E-state index contributed by atoms with van der Waals surface area (Å²) >= 11 is 0. The number of anilines is 1. The number of benzene rings is 2. The van der Waals surface area contributed by atoms with Gasteiger partial charge in [0.25, 0.3) is 11.8 Å². The predicted octanol–water partition coefficient (Wildman–Crippen LogP) is 2.18. The molecule has 4 rings (SSSR count). The maximum Gasteiger partial charge on any atom is 0.262 e. The van der Waals surface area contributed by atoms with Crippen molar-refractivity contribution in [2.24, 2.45) is 0 Å². The number of amides is 3. The lowest BCUT2D eigenvalue weighted by Crippen LogP contribution is -2.42. The molecule has 0 atom stereocenters. The molecule has 2 aromatic carbocycles. The van der Waals surface area contributed by atoms with Crippen LogP contribution in [0.5, 0.6) is 0 Å². The monoisotopic (exact) mass is 320 g/mol. The summed E-state index contributed by atoms with van der Waals surface area (Å²) in [5.41, 5.74) is 3.66. The van der Waals surface area contributed by atoms with Crippen molar-refractivity contribution in [2.75, 3.05) is 18.0 Å². The highest BCUT2D eigenvalue weighted by Gasteiger charge is 2.38. The van der Waals surface area contributed by atoms with Gasteiger partial charge in [0.05, 0.1) is 11.1 Å². The second kappa shape index (κ2) is 5.30. The van der Waals surface area contributed by atoms with Crippen molar-refractivity contribution in [3.8, 4) is 0 Å². The lowest BCUT2D eigenvalue weighted by atomic mass is 10.1. The third-order valence-electron chi connectivity index (χ3n) is 4.61. The number of fused-ring (bicyclic) bond motifs is 2. The molecule has 0 saturated heterocycles. The van der Waals surface area contributed by atoms with E-state index in [1.165, 1.54) is 0 Å². The van der Waals surface area contributed by atoms with Crippen LogP contribution in [0.2, 0.25) is 0 Å². The highest BCUT2D eigenvalue weighted by atomic mass is 16.2. The Morgan fingerprint density at radius 1 is 1.04 bits per heavy atom. The summed E-state index contributed by atoms with van der Waals surface area (Å²) < 4.78 is 0. The number of rotatable bonds is 2. The minimum Gasteiger partial charge on any atom is -0.310 e. The number of para-hydroxylation sites is 1. The van der Waals surface area contributed by atoms with Crippen LogP contribution in [0.3, 0.4) is 0 Å². The van der Waals surface area contributed by atoms with Gasteiger partial charge in [-0.15, -0.1) is 0 Å². The van der Waals surface area contributed by atoms with Gasteiger partial charge in [0.2, 0.25) is 5.91 Å². The number of carbonyl (C=O) groups is 3. The van der Waals surface area contributed by atoms with Gasteiger partial charge in [-0.2, -0.15) is 0 Å². The largest absolute Gasteiger partial charge is 0.310 e. The number of nitrogens with zero attached hydrogens (tertiary/aromatic N) is 2. The predicted molar refractivity (Wildman–Crippen MR) is 89.0 cm³/mol. The van der Waals surface area contributed by atoms with Gasteiger partial charge in [-0.05, 0) is 37.1 Å². The fraction of sp³-hybridized carbons (Fsp3) is 0.211. The second-order valence-electron chi connectivity index (χ2n) is 6.17. The van der Waals surface area contributed by atoms with Crippen LogP contribution in [-0.4, -0.2) is 35.7 Å². The number of carbonyl (C=O) groups excluding carboxylic acids is 3. The third-order valence-corrected chi connectivity index (χ3v) is 4.61. The van der Waals surface area contributed by atoms with Crippen molar-refractivity contribution >= 4 is 23.4 Å². The molecule has 0 unspecified atom stereocenters. The molecule has 0 fully saturated rings. The SMILES string of the molecule is Cc1ccc2c(c1)C(=O)N(CC(=O)N1CCc3ccccc31)C2=O. The zero-order valence-corrected chi connectivity index (χ0v) is 13.3. The molecule has 0 radical (unpaired) electrons. The Bertz CT molecular complexity index is 888. The van der Waals surface area contributed by atoms with Gasteiger partial charge in [0, 0.05) is 12.2 Å². The Labute approximate surface area is 139 Å². The van der Waals surface area contributed by atoms with Gasteiger partial charge < -0.3 is 4.90 Å². The molecule has 3 amide bonds. The van der Waals surface area contributed by atoms with Gasteiger partial charge in [0.15, 0.2) is 0 Å². The molecule has 0 aromatic heterocycles. The Kier molecular flexibility index (Phi) is 3.23. The van der Waals surface area contributed by atoms with E-state index in [0.717, 1.165) is 28.1 Å². The first-order chi connectivity index (χ1) is 11.6. The topological polar surface area (TPSA) is 57.7 Å². The van der Waals surface area contributed by atoms with E-state index in [9.17, 15) is 14.4 Å². The van der Waals surface area contributed by atoms with Crippen molar-refractivity contribution < 1.29 is 14.4 Å². The number of aryl methyl sites for hydroxylation is 1. The molecular formula is C19H16N2O3. The zero-order chi connectivity index (χ0) is 16.8. The molecule has 5 nitrogen and oxygen atoms in total. The van der Waals surface area contributed by atoms with Crippen LogP contribution in [0.25, 0.3) is 0 Å². The van der Waals surface area contributed by atoms with Crippen LogP contribution in [0.4, 0.5) is 5.69 Å². The van der Waals surface area contributed by atoms with E-state index in [0.29, 0.717) is 17.7 Å². The lowest BCUT2D eigenvalue weighted by Gasteiger charge is -2.20. The summed E-state index contributed by atoms with van der Waals surface area (Å²) in [6.07, 6.45) is 0.795. The summed E-state index contributed by atoms with van der Waals surface area (Å²) in [6, 6.07) is 12.9. The van der Waals surface area contributed by atoms with Crippen LogP contribution in [-0.2, 0) is 11.2 Å². The van der Waals surface area contributed by atoms with Crippen molar-refractivity contribution in [3.05, 3.63) is 64.7 Å². The highest BCUT2D eigenvalue weighted by Crippen LogP contribution is 2.29. The highest BCUT2D eigenvalue weighted by molar-refractivity contribution is 6.23. The summed E-state index contributed by atoms with van der Waals surface area (Å²) in [7, 11) is 0. The molecule has 0 saturated carbocycles. The van der Waals surface area contributed by atoms with E-state index in [1.54, 1.807) is 23.1 Å². The van der Waals surface area contributed by atoms with Crippen LogP contribution in [0, 0.1) is 6.92 Å². The van der Waals surface area contributed by atoms with Gasteiger partial charge in [-0.25, -0.2) is 0 Å². The van der Waals surface area contributed by atoms with Gasteiger partial charge >= 0.3 is 0 Å². The second-order valence-corrected chi connectivity index (χ2v) is 6.17. The van der Waals surface area contributed by atoms with Crippen LogP contribution < -0.4 is 4.90 Å². The molecular weight excluding hydrogens is 304 g/mol. The quantitative estimate of drug-likeness (QED) is 0.797. The molecule has 2 aliphatic heterocycles. The third kappa shape index (κ3) is 2.12. The molecule has 24 heavy (non-hydrogen) atoms. The van der Waals surface area contributed by atoms with Crippen molar-refractivity contribution in [2.45, 2.75) is 13.3 Å². The van der Waals surface area contributed by atoms with Crippen molar-refractivity contribution in [3.63, 3.8) is 0 Å². The van der Waals surface area contributed by atoms with E-state index >= 15 is 0 Å². The van der Waals surface area contributed by atoms with E-state index in [4.69, 9.17) is 0 Å². The minimum atomic E-state index is -0.393. The first kappa shape index (κ1) is 14.6. The Morgan fingerprint density at radius 2 is 1.79 bits per heavy atom. The standard InChI is InChI=1S/C19H16N2O3/c1-12-6-7-14-15(10-12)19(24)21(18(14)23)11-17(22)20-9-8-13-4-2-3-5-16(13)20/h2-7,10H,8-9,11H2,1H3. The molecule has 2 aromatic rings. The average Bonchev–Trinajstić information content (AvgIpc) is 3.10. The van der Waals surface area contributed by atoms with Gasteiger partial charge in [0.1, 0.15) is 6.54 Å². The first-order valence-corrected chi connectivity index (χ1v) is 7.91. The van der Waals surface area contributed by atoms with Crippen LogP contribution in [0.15, 0.2) is 42.5 Å².